The van der Waals surface area contributed by atoms with E-state index in [1.54, 1.807) is 55.5 Å². The number of unbranched alkanes of at least 4 members (excludes halogenated alkanes) is 1. The Kier molecular flexibility index (Phi) is 10.7. The molecule has 0 heterocycles. The topological polar surface area (TPSA) is 86.8 Å². The number of rotatable bonds is 12. The van der Waals surface area contributed by atoms with Crippen molar-refractivity contribution in [3.8, 4) is 0 Å². The van der Waals surface area contributed by atoms with Crippen LogP contribution in [0.2, 0.25) is 10.0 Å². The molecule has 3 aromatic carbocycles. The van der Waals surface area contributed by atoms with Gasteiger partial charge >= 0.3 is 0 Å². The van der Waals surface area contributed by atoms with Crippen molar-refractivity contribution < 1.29 is 22.4 Å². The minimum atomic E-state index is -4.27. The number of benzene rings is 3. The molecule has 0 aliphatic heterocycles. The lowest BCUT2D eigenvalue weighted by Gasteiger charge is -2.32. The largest absolute Gasteiger partial charge is 0.354 e. The zero-order valence-corrected chi connectivity index (χ0v) is 23.9. The highest BCUT2D eigenvalue weighted by Gasteiger charge is 2.32. The molecular formula is C28H30Cl2FN3O4S. The Hall–Kier alpha value is -3.14. The van der Waals surface area contributed by atoms with Gasteiger partial charge < -0.3 is 10.2 Å². The molecule has 0 aliphatic rings. The third-order valence-corrected chi connectivity index (χ3v) is 8.59. The van der Waals surface area contributed by atoms with Gasteiger partial charge in [-0.2, -0.15) is 0 Å². The maximum absolute atomic E-state index is 13.8. The van der Waals surface area contributed by atoms with E-state index in [-0.39, 0.29) is 28.1 Å². The maximum atomic E-state index is 13.8. The minimum Gasteiger partial charge on any atom is -0.354 e. The van der Waals surface area contributed by atoms with Crippen LogP contribution in [0, 0.1) is 5.82 Å². The molecule has 0 spiro atoms. The number of carbonyl (C=O) groups excluding carboxylic acids is 2. The molecule has 0 fully saturated rings. The highest BCUT2D eigenvalue weighted by atomic mass is 35.5. The summed E-state index contributed by atoms with van der Waals surface area (Å²) in [5.41, 5.74) is 0.850. The van der Waals surface area contributed by atoms with Gasteiger partial charge in [-0.25, -0.2) is 12.8 Å². The van der Waals surface area contributed by atoms with Gasteiger partial charge in [-0.1, -0.05) is 60.8 Å². The molecule has 1 N–H and O–H groups in total. The Bertz CT molecular complexity index is 1390. The Balaban J connectivity index is 1.98. The van der Waals surface area contributed by atoms with Crippen LogP contribution in [0.15, 0.2) is 77.7 Å². The van der Waals surface area contributed by atoms with Gasteiger partial charge in [-0.15, -0.1) is 0 Å². The summed E-state index contributed by atoms with van der Waals surface area (Å²) in [6.45, 7) is 3.41. The quantitative estimate of drug-likeness (QED) is 0.274. The molecule has 1 atom stereocenters. The first-order valence-corrected chi connectivity index (χ1v) is 14.6. The van der Waals surface area contributed by atoms with Crippen molar-refractivity contribution in [3.05, 3.63) is 94.2 Å². The molecule has 0 aromatic heterocycles. The van der Waals surface area contributed by atoms with Crippen molar-refractivity contribution in [1.82, 2.24) is 10.2 Å². The summed E-state index contributed by atoms with van der Waals surface area (Å²) in [5.74, 6) is -1.58. The summed E-state index contributed by atoms with van der Waals surface area (Å²) in [5, 5.41) is 3.45. The molecule has 0 radical (unpaired) electrons. The van der Waals surface area contributed by atoms with Crippen LogP contribution in [-0.2, 0) is 26.2 Å². The number of para-hydroxylation sites is 1. The van der Waals surface area contributed by atoms with Crippen molar-refractivity contribution >= 4 is 50.7 Å². The summed E-state index contributed by atoms with van der Waals surface area (Å²) in [6, 6.07) is 16.4. The number of anilines is 1. The zero-order chi connectivity index (χ0) is 28.6. The standard InChI is InChI=1S/C28H30Cl2FN3O4S/c1-3-4-16-32-28(36)20(2)33(18-21-10-15-25(29)26(30)17-21)27(35)19-34(23-8-6-5-7-9-23)39(37,38)24-13-11-22(31)12-14-24/h5-15,17,20H,3-4,16,18-19H2,1-2H3,(H,32,36). The molecule has 1 unspecified atom stereocenters. The highest BCUT2D eigenvalue weighted by molar-refractivity contribution is 7.92. The molecule has 7 nitrogen and oxygen atoms in total. The number of sulfonamides is 1. The molecule has 2 amide bonds. The van der Waals surface area contributed by atoms with Crippen LogP contribution in [0.4, 0.5) is 10.1 Å². The number of nitrogens with zero attached hydrogens (tertiary/aromatic N) is 2. The fourth-order valence-electron chi connectivity index (χ4n) is 3.81. The number of hydrogen-bond donors (Lipinski definition) is 1. The normalized spacial score (nSPS) is 12.0. The van der Waals surface area contributed by atoms with Gasteiger partial charge in [0.25, 0.3) is 10.0 Å². The molecule has 0 aliphatic carbocycles. The first-order chi connectivity index (χ1) is 18.5. The average Bonchev–Trinajstić information content (AvgIpc) is 2.92. The van der Waals surface area contributed by atoms with E-state index in [1.165, 1.54) is 4.90 Å². The monoisotopic (exact) mass is 593 g/mol. The summed E-state index contributed by atoms with van der Waals surface area (Å²) >= 11 is 12.2. The van der Waals surface area contributed by atoms with E-state index in [4.69, 9.17) is 23.2 Å². The Morgan fingerprint density at radius 3 is 2.26 bits per heavy atom. The number of carbonyl (C=O) groups is 2. The van der Waals surface area contributed by atoms with E-state index in [0.29, 0.717) is 17.1 Å². The Labute approximate surface area is 238 Å². The van der Waals surface area contributed by atoms with E-state index in [1.807, 2.05) is 6.92 Å². The zero-order valence-electron chi connectivity index (χ0n) is 21.6. The van der Waals surface area contributed by atoms with E-state index in [0.717, 1.165) is 41.4 Å². The Morgan fingerprint density at radius 1 is 0.974 bits per heavy atom. The van der Waals surface area contributed by atoms with Crippen LogP contribution in [0.3, 0.4) is 0 Å². The van der Waals surface area contributed by atoms with Crippen LogP contribution in [-0.4, -0.2) is 44.3 Å². The van der Waals surface area contributed by atoms with Crippen molar-refractivity contribution in [2.24, 2.45) is 0 Å². The highest BCUT2D eigenvalue weighted by Crippen LogP contribution is 2.26. The first kappa shape index (κ1) is 30.4. The number of amides is 2. The van der Waals surface area contributed by atoms with Gasteiger partial charge in [0.2, 0.25) is 11.8 Å². The molecule has 208 valence electrons. The van der Waals surface area contributed by atoms with Crippen LogP contribution >= 0.6 is 23.2 Å². The van der Waals surface area contributed by atoms with Crippen LogP contribution < -0.4 is 9.62 Å². The molecule has 3 aromatic rings. The number of halogens is 3. The van der Waals surface area contributed by atoms with Gasteiger partial charge in [-0.3, -0.25) is 13.9 Å². The van der Waals surface area contributed by atoms with Crippen molar-refractivity contribution in [2.45, 2.75) is 44.2 Å². The lowest BCUT2D eigenvalue weighted by molar-refractivity contribution is -0.139. The third-order valence-electron chi connectivity index (χ3n) is 6.06. The van der Waals surface area contributed by atoms with Gasteiger partial charge in [0.1, 0.15) is 18.4 Å². The second-order valence-electron chi connectivity index (χ2n) is 8.89. The van der Waals surface area contributed by atoms with Gasteiger partial charge in [-0.05, 0) is 67.4 Å². The molecule has 0 bridgehead atoms. The van der Waals surface area contributed by atoms with Crippen LogP contribution in [0.5, 0.6) is 0 Å². The van der Waals surface area contributed by atoms with Crippen molar-refractivity contribution in [2.75, 3.05) is 17.4 Å². The van der Waals surface area contributed by atoms with Gasteiger partial charge in [0.05, 0.1) is 20.6 Å². The first-order valence-electron chi connectivity index (χ1n) is 12.4. The third kappa shape index (κ3) is 7.94. The maximum Gasteiger partial charge on any atom is 0.264 e. The molecule has 39 heavy (non-hydrogen) atoms. The predicted molar refractivity (Wildman–Crippen MR) is 152 cm³/mol. The smallest absolute Gasteiger partial charge is 0.264 e. The fourth-order valence-corrected chi connectivity index (χ4v) is 5.55. The summed E-state index contributed by atoms with van der Waals surface area (Å²) in [7, 11) is -4.27. The molecular weight excluding hydrogens is 564 g/mol. The van der Waals surface area contributed by atoms with Crippen molar-refractivity contribution in [3.63, 3.8) is 0 Å². The molecule has 0 saturated carbocycles. The number of nitrogens with one attached hydrogen (secondary N) is 1. The lowest BCUT2D eigenvalue weighted by atomic mass is 10.1. The average molecular weight is 595 g/mol. The molecule has 11 heteroatoms. The van der Waals surface area contributed by atoms with E-state index in [2.05, 4.69) is 5.32 Å². The summed E-state index contributed by atoms with van der Waals surface area (Å²) in [4.78, 5) is 27.9. The van der Waals surface area contributed by atoms with Gasteiger partial charge in [0.15, 0.2) is 0 Å². The lowest BCUT2D eigenvalue weighted by Crippen LogP contribution is -2.51. The second-order valence-corrected chi connectivity index (χ2v) is 11.6. The fraction of sp³-hybridized carbons (Fsp3) is 0.286. The number of hydrogen-bond acceptors (Lipinski definition) is 4. The van der Waals surface area contributed by atoms with Crippen molar-refractivity contribution in [1.29, 1.82) is 0 Å². The molecule has 3 rings (SSSR count). The van der Waals surface area contributed by atoms with Crippen LogP contribution in [0.1, 0.15) is 32.3 Å². The SMILES string of the molecule is CCCCNC(=O)C(C)N(Cc1ccc(Cl)c(Cl)c1)C(=O)CN(c1ccccc1)S(=O)(=O)c1ccc(F)cc1. The predicted octanol–water partition coefficient (Wildman–Crippen LogP) is 5.66. The minimum absolute atomic E-state index is 0.0166. The van der Waals surface area contributed by atoms with Gasteiger partial charge in [0, 0.05) is 13.1 Å². The Morgan fingerprint density at radius 2 is 1.64 bits per heavy atom. The van der Waals surface area contributed by atoms with E-state index in [9.17, 15) is 22.4 Å². The molecule has 0 saturated heterocycles. The van der Waals surface area contributed by atoms with E-state index < -0.39 is 34.3 Å². The second kappa shape index (κ2) is 13.8. The van der Waals surface area contributed by atoms with Crippen LogP contribution in [0.25, 0.3) is 0 Å². The summed E-state index contributed by atoms with van der Waals surface area (Å²) in [6.07, 6.45) is 1.66. The van der Waals surface area contributed by atoms with E-state index >= 15 is 0 Å². The summed E-state index contributed by atoms with van der Waals surface area (Å²) < 4.78 is 41.8.